The van der Waals surface area contributed by atoms with Crippen LogP contribution < -0.4 is 5.32 Å². The number of methoxy groups -OCH3 is 2. The number of nitro benzene ring substituents is 1. The number of ether oxygens (including phenoxy) is 2. The molecule has 0 aromatic heterocycles. The largest absolute Gasteiger partial charge is 0.466 e. The first kappa shape index (κ1) is 18.4. The minimum Gasteiger partial charge on any atom is -0.466 e. The molecule has 9 nitrogen and oxygen atoms in total. The van der Waals surface area contributed by atoms with Crippen LogP contribution in [0.4, 0.5) is 10.5 Å². The summed E-state index contributed by atoms with van der Waals surface area (Å²) < 4.78 is 9.83. The molecule has 1 unspecified atom stereocenters. The zero-order valence-electron chi connectivity index (χ0n) is 14.1. The number of carbonyl (C=O) groups is 2. The molecule has 1 N–H and O–H groups in total. The molecule has 1 aromatic carbocycles. The molecule has 1 aromatic rings. The Hall–Kier alpha value is -2.94. The molecule has 0 bridgehead atoms. The lowest BCUT2D eigenvalue weighted by Gasteiger charge is -2.35. The van der Waals surface area contributed by atoms with E-state index in [9.17, 15) is 19.7 Å². The zero-order valence-corrected chi connectivity index (χ0v) is 14.1. The van der Waals surface area contributed by atoms with Crippen molar-refractivity contribution in [3.05, 3.63) is 51.2 Å². The SMILES string of the molecule is COCCN1C(=O)NC(c2ccc([N+](=O)[O-])cc2)C(C(=O)OC)=C1C. The van der Waals surface area contributed by atoms with E-state index in [1.807, 2.05) is 0 Å². The first-order valence-corrected chi connectivity index (χ1v) is 7.51. The lowest BCUT2D eigenvalue weighted by Crippen LogP contribution is -2.48. The van der Waals surface area contributed by atoms with Gasteiger partial charge in [-0.15, -0.1) is 0 Å². The second kappa shape index (κ2) is 7.75. The Morgan fingerprint density at radius 1 is 1.32 bits per heavy atom. The molecule has 2 rings (SSSR count). The monoisotopic (exact) mass is 349 g/mol. The predicted octanol–water partition coefficient (Wildman–Crippen LogP) is 1.75. The second-order valence-electron chi connectivity index (χ2n) is 5.37. The van der Waals surface area contributed by atoms with E-state index in [1.54, 1.807) is 6.92 Å². The van der Waals surface area contributed by atoms with Crippen molar-refractivity contribution in [1.82, 2.24) is 10.2 Å². The summed E-state index contributed by atoms with van der Waals surface area (Å²) in [6, 6.07) is 4.52. The van der Waals surface area contributed by atoms with Crippen LogP contribution in [0.5, 0.6) is 0 Å². The van der Waals surface area contributed by atoms with Crippen LogP contribution in [0.3, 0.4) is 0 Å². The van der Waals surface area contributed by atoms with Crippen molar-refractivity contribution < 1.29 is 24.0 Å². The van der Waals surface area contributed by atoms with Gasteiger partial charge in [0.1, 0.15) is 0 Å². The Labute approximate surface area is 144 Å². The van der Waals surface area contributed by atoms with Gasteiger partial charge in [-0.2, -0.15) is 0 Å². The third-order valence-corrected chi connectivity index (χ3v) is 3.96. The number of non-ortho nitro benzene ring substituents is 1. The number of benzene rings is 1. The van der Waals surface area contributed by atoms with E-state index in [4.69, 9.17) is 9.47 Å². The molecule has 134 valence electrons. The molecule has 25 heavy (non-hydrogen) atoms. The smallest absolute Gasteiger partial charge is 0.337 e. The number of carbonyl (C=O) groups excluding carboxylic acids is 2. The highest BCUT2D eigenvalue weighted by molar-refractivity contribution is 5.95. The van der Waals surface area contributed by atoms with Gasteiger partial charge in [0, 0.05) is 24.9 Å². The quantitative estimate of drug-likeness (QED) is 0.476. The van der Waals surface area contributed by atoms with E-state index in [0.29, 0.717) is 17.9 Å². The predicted molar refractivity (Wildman–Crippen MR) is 87.7 cm³/mol. The molecule has 0 aliphatic carbocycles. The standard InChI is InChI=1S/C16H19N3O6/c1-10-13(15(20)25-3)14(17-16(21)18(10)8-9-24-2)11-4-6-12(7-5-11)19(22)23/h4-7,14H,8-9H2,1-3H3,(H,17,21). The van der Waals surface area contributed by atoms with Crippen LogP contribution >= 0.6 is 0 Å². The summed E-state index contributed by atoms with van der Waals surface area (Å²) in [5.74, 6) is -0.580. The van der Waals surface area contributed by atoms with E-state index in [0.717, 1.165) is 0 Å². The van der Waals surface area contributed by atoms with Gasteiger partial charge in [-0.25, -0.2) is 9.59 Å². The Morgan fingerprint density at radius 2 is 1.96 bits per heavy atom. The first-order valence-electron chi connectivity index (χ1n) is 7.51. The average molecular weight is 349 g/mol. The summed E-state index contributed by atoms with van der Waals surface area (Å²) in [5, 5.41) is 13.5. The van der Waals surface area contributed by atoms with Gasteiger partial charge in [-0.1, -0.05) is 0 Å². The number of nitrogens with zero attached hydrogens (tertiary/aromatic N) is 2. The van der Waals surface area contributed by atoms with Crippen LogP contribution in [0.15, 0.2) is 35.5 Å². The number of rotatable bonds is 6. The summed E-state index contributed by atoms with van der Waals surface area (Å²) >= 11 is 0. The zero-order chi connectivity index (χ0) is 18.6. The Kier molecular flexibility index (Phi) is 5.71. The minimum atomic E-state index is -0.750. The molecule has 0 spiro atoms. The summed E-state index contributed by atoms with van der Waals surface area (Å²) in [4.78, 5) is 36.3. The molecule has 9 heteroatoms. The van der Waals surface area contributed by atoms with Crippen LogP contribution in [0.1, 0.15) is 18.5 Å². The van der Waals surface area contributed by atoms with Gasteiger partial charge in [0.25, 0.3) is 5.69 Å². The fourth-order valence-corrected chi connectivity index (χ4v) is 2.65. The first-order chi connectivity index (χ1) is 11.9. The van der Waals surface area contributed by atoms with Crippen molar-refractivity contribution in [1.29, 1.82) is 0 Å². The normalized spacial score (nSPS) is 17.3. The molecule has 1 heterocycles. The minimum absolute atomic E-state index is 0.0760. The van der Waals surface area contributed by atoms with Gasteiger partial charge in [0.15, 0.2) is 0 Å². The fraction of sp³-hybridized carbons (Fsp3) is 0.375. The lowest BCUT2D eigenvalue weighted by atomic mass is 9.94. The van der Waals surface area contributed by atoms with E-state index in [1.165, 1.54) is 43.4 Å². The second-order valence-corrected chi connectivity index (χ2v) is 5.37. The van der Waals surface area contributed by atoms with Gasteiger partial charge in [0.2, 0.25) is 0 Å². The molecule has 0 radical (unpaired) electrons. The summed E-state index contributed by atoms with van der Waals surface area (Å²) in [6.45, 7) is 2.24. The third-order valence-electron chi connectivity index (χ3n) is 3.96. The van der Waals surface area contributed by atoms with Crippen molar-refractivity contribution in [3.8, 4) is 0 Å². The molecule has 1 aliphatic heterocycles. The third kappa shape index (κ3) is 3.77. The Bertz CT molecular complexity index is 713. The molecular formula is C16H19N3O6. The van der Waals surface area contributed by atoms with E-state index < -0.39 is 16.9 Å². The molecule has 1 aliphatic rings. The maximum atomic E-state index is 12.4. The van der Waals surface area contributed by atoms with Crippen molar-refractivity contribution >= 4 is 17.7 Å². The number of hydrogen-bond donors (Lipinski definition) is 1. The van der Waals surface area contributed by atoms with E-state index in [-0.39, 0.29) is 23.8 Å². The number of urea groups is 1. The highest BCUT2D eigenvalue weighted by Crippen LogP contribution is 2.31. The number of nitrogens with one attached hydrogen (secondary N) is 1. The highest BCUT2D eigenvalue weighted by Gasteiger charge is 2.36. The maximum absolute atomic E-state index is 12.4. The highest BCUT2D eigenvalue weighted by atomic mass is 16.6. The number of nitro groups is 1. The van der Waals surface area contributed by atoms with Crippen LogP contribution in [-0.4, -0.2) is 49.2 Å². The van der Waals surface area contributed by atoms with Gasteiger partial charge in [0.05, 0.1) is 36.8 Å². The molecule has 0 fully saturated rings. The summed E-state index contributed by atoms with van der Waals surface area (Å²) in [6.07, 6.45) is 0. The summed E-state index contributed by atoms with van der Waals surface area (Å²) in [5.41, 5.74) is 1.20. The van der Waals surface area contributed by atoms with Crippen molar-refractivity contribution in [3.63, 3.8) is 0 Å². The van der Waals surface area contributed by atoms with E-state index >= 15 is 0 Å². The van der Waals surface area contributed by atoms with Gasteiger partial charge in [-0.05, 0) is 24.6 Å². The van der Waals surface area contributed by atoms with Gasteiger partial charge >= 0.3 is 12.0 Å². The van der Waals surface area contributed by atoms with Crippen LogP contribution in [0, 0.1) is 10.1 Å². The van der Waals surface area contributed by atoms with Crippen LogP contribution in [0.25, 0.3) is 0 Å². The van der Waals surface area contributed by atoms with Gasteiger partial charge < -0.3 is 14.8 Å². The number of amides is 2. The van der Waals surface area contributed by atoms with Crippen LogP contribution in [-0.2, 0) is 14.3 Å². The van der Waals surface area contributed by atoms with Crippen molar-refractivity contribution in [2.75, 3.05) is 27.4 Å². The average Bonchev–Trinajstić information content (AvgIpc) is 2.60. The summed E-state index contributed by atoms with van der Waals surface area (Å²) in [7, 11) is 2.77. The van der Waals surface area contributed by atoms with E-state index in [2.05, 4.69) is 5.32 Å². The number of allylic oxidation sites excluding steroid dienone is 1. The van der Waals surface area contributed by atoms with Crippen molar-refractivity contribution in [2.45, 2.75) is 13.0 Å². The van der Waals surface area contributed by atoms with Crippen molar-refractivity contribution in [2.24, 2.45) is 0 Å². The maximum Gasteiger partial charge on any atom is 0.337 e. The number of hydrogen-bond acceptors (Lipinski definition) is 6. The van der Waals surface area contributed by atoms with Crippen LogP contribution in [0.2, 0.25) is 0 Å². The molecule has 0 saturated heterocycles. The molecule has 0 saturated carbocycles. The molecule has 1 atom stereocenters. The van der Waals surface area contributed by atoms with Gasteiger partial charge in [-0.3, -0.25) is 15.0 Å². The topological polar surface area (TPSA) is 111 Å². The Morgan fingerprint density at radius 3 is 2.48 bits per heavy atom. The fourth-order valence-electron chi connectivity index (χ4n) is 2.65. The Balaban J connectivity index is 2.45. The molecular weight excluding hydrogens is 330 g/mol. The number of esters is 1. The lowest BCUT2D eigenvalue weighted by molar-refractivity contribution is -0.384. The molecule has 2 amide bonds.